The van der Waals surface area contributed by atoms with E-state index in [-0.39, 0.29) is 12.0 Å². The monoisotopic (exact) mass is 246 g/mol. The summed E-state index contributed by atoms with van der Waals surface area (Å²) in [7, 11) is -3.31. The van der Waals surface area contributed by atoms with Crippen LogP contribution in [-0.2, 0) is 4.57 Å². The molecule has 0 saturated carbocycles. The third kappa shape index (κ3) is 4.16. The highest BCUT2D eigenvalue weighted by molar-refractivity contribution is 7.59. The Morgan fingerprint density at radius 2 is 2.19 bits per heavy atom. The van der Waals surface area contributed by atoms with Crippen molar-refractivity contribution in [3.8, 4) is 5.88 Å². The van der Waals surface area contributed by atoms with E-state index in [9.17, 15) is 9.67 Å². The van der Waals surface area contributed by atoms with Gasteiger partial charge in [0.1, 0.15) is 0 Å². The number of nitrogens with zero attached hydrogens (tertiary/aromatic N) is 1. The average molecular weight is 246 g/mol. The standard InChI is InChI=1S/C8H15N4O3P/c1-5-6(9)2-3-7(12-5)15-8(13)4-16(10,11)14/h2-3,8,13H,4,9H2,1H3,(H4,10,11,14). The summed E-state index contributed by atoms with van der Waals surface area (Å²) in [6, 6.07) is 3.08. The van der Waals surface area contributed by atoms with Crippen LogP contribution >= 0.6 is 7.44 Å². The zero-order valence-electron chi connectivity index (χ0n) is 8.83. The molecule has 1 aromatic rings. The number of rotatable bonds is 4. The summed E-state index contributed by atoms with van der Waals surface area (Å²) < 4.78 is 16.0. The zero-order chi connectivity index (χ0) is 12.3. The molecular weight excluding hydrogens is 231 g/mol. The van der Waals surface area contributed by atoms with Gasteiger partial charge in [-0.15, -0.1) is 0 Å². The summed E-state index contributed by atoms with van der Waals surface area (Å²) in [6.45, 7) is 1.70. The van der Waals surface area contributed by atoms with E-state index < -0.39 is 13.7 Å². The molecule has 0 aromatic carbocycles. The maximum atomic E-state index is 11.0. The molecule has 16 heavy (non-hydrogen) atoms. The number of aryl methyl sites for hydroxylation is 1. The number of aliphatic hydroxyl groups is 1. The van der Waals surface area contributed by atoms with Crippen LogP contribution in [0.5, 0.6) is 5.88 Å². The van der Waals surface area contributed by atoms with E-state index in [2.05, 4.69) is 4.98 Å². The van der Waals surface area contributed by atoms with Crippen LogP contribution in [0.3, 0.4) is 0 Å². The number of aromatic nitrogens is 1. The molecule has 1 atom stereocenters. The fourth-order valence-corrected chi connectivity index (χ4v) is 1.60. The van der Waals surface area contributed by atoms with E-state index in [1.165, 1.54) is 6.07 Å². The van der Waals surface area contributed by atoms with Gasteiger partial charge in [-0.2, -0.15) is 0 Å². The van der Waals surface area contributed by atoms with Crippen LogP contribution in [0.25, 0.3) is 0 Å². The molecular formula is C8H15N4O3P. The molecule has 0 amide bonds. The van der Waals surface area contributed by atoms with E-state index in [0.717, 1.165) is 0 Å². The topological polar surface area (TPSA) is 137 Å². The fraction of sp³-hybridized carbons (Fsp3) is 0.375. The van der Waals surface area contributed by atoms with E-state index in [1.807, 2.05) is 0 Å². The van der Waals surface area contributed by atoms with Gasteiger partial charge in [-0.05, 0) is 13.0 Å². The van der Waals surface area contributed by atoms with Crippen LogP contribution < -0.4 is 21.5 Å². The molecule has 0 radical (unpaired) electrons. The molecule has 0 aliphatic rings. The number of hydrogen-bond donors (Lipinski definition) is 4. The molecule has 8 heteroatoms. The quantitative estimate of drug-likeness (QED) is 0.425. The number of nitrogen functional groups attached to an aromatic ring is 1. The Kier molecular flexibility index (Phi) is 3.88. The lowest BCUT2D eigenvalue weighted by Crippen LogP contribution is -2.25. The Morgan fingerprint density at radius 1 is 1.56 bits per heavy atom. The molecule has 0 spiro atoms. The number of hydrogen-bond acceptors (Lipinski definition) is 5. The van der Waals surface area contributed by atoms with Crippen molar-refractivity contribution in [2.24, 2.45) is 11.0 Å². The third-order valence-corrected chi connectivity index (χ3v) is 2.68. The predicted octanol–water partition coefficient (Wildman–Crippen LogP) is -0.220. The summed E-state index contributed by atoms with van der Waals surface area (Å²) in [4.78, 5) is 3.96. The van der Waals surface area contributed by atoms with Gasteiger partial charge < -0.3 is 15.6 Å². The van der Waals surface area contributed by atoms with Crippen molar-refractivity contribution in [3.63, 3.8) is 0 Å². The first-order chi connectivity index (χ1) is 7.28. The van der Waals surface area contributed by atoms with Crippen molar-refractivity contribution in [1.82, 2.24) is 4.98 Å². The molecule has 0 fully saturated rings. The van der Waals surface area contributed by atoms with Crippen LogP contribution in [0.15, 0.2) is 12.1 Å². The van der Waals surface area contributed by atoms with Crippen LogP contribution in [0.4, 0.5) is 5.69 Å². The highest BCUT2D eigenvalue weighted by atomic mass is 31.2. The van der Waals surface area contributed by atoms with Gasteiger partial charge in [0.05, 0.1) is 17.5 Å². The second-order valence-corrected chi connectivity index (χ2v) is 5.51. The summed E-state index contributed by atoms with van der Waals surface area (Å²) in [6.07, 6.45) is -1.69. The van der Waals surface area contributed by atoms with Crippen LogP contribution in [-0.4, -0.2) is 22.5 Å². The molecule has 1 heterocycles. The van der Waals surface area contributed by atoms with Gasteiger partial charge in [-0.25, -0.2) is 4.98 Å². The van der Waals surface area contributed by atoms with Gasteiger partial charge in [0, 0.05) is 6.07 Å². The van der Waals surface area contributed by atoms with Gasteiger partial charge in [0.2, 0.25) is 19.6 Å². The number of nitrogens with two attached hydrogens (primary N) is 3. The smallest absolute Gasteiger partial charge is 0.216 e. The molecule has 7 nitrogen and oxygen atoms in total. The molecule has 1 aromatic heterocycles. The van der Waals surface area contributed by atoms with Crippen molar-refractivity contribution in [2.45, 2.75) is 13.2 Å². The lowest BCUT2D eigenvalue weighted by molar-refractivity contribution is -0.00132. The van der Waals surface area contributed by atoms with E-state index in [1.54, 1.807) is 13.0 Å². The Hall–Kier alpha value is -1.14. The Labute approximate surface area is 93.1 Å². The Balaban J connectivity index is 2.66. The molecule has 0 aliphatic carbocycles. The number of pyridine rings is 1. The van der Waals surface area contributed by atoms with Gasteiger partial charge in [-0.1, -0.05) is 0 Å². The lowest BCUT2D eigenvalue weighted by Gasteiger charge is -2.15. The number of aliphatic hydroxyl groups excluding tert-OH is 1. The van der Waals surface area contributed by atoms with Crippen molar-refractivity contribution in [1.29, 1.82) is 0 Å². The molecule has 1 unspecified atom stereocenters. The molecule has 7 N–H and O–H groups in total. The van der Waals surface area contributed by atoms with Crippen molar-refractivity contribution in [2.75, 3.05) is 11.9 Å². The Morgan fingerprint density at radius 3 is 2.69 bits per heavy atom. The SMILES string of the molecule is Cc1nc(OC(O)CP(N)(N)=O)ccc1N. The fourth-order valence-electron chi connectivity index (χ4n) is 1.04. The highest BCUT2D eigenvalue weighted by Crippen LogP contribution is 2.26. The second kappa shape index (κ2) is 4.80. The van der Waals surface area contributed by atoms with Crippen molar-refractivity contribution in [3.05, 3.63) is 17.8 Å². The minimum Gasteiger partial charge on any atom is -0.447 e. The third-order valence-electron chi connectivity index (χ3n) is 1.80. The minimum atomic E-state index is -3.31. The van der Waals surface area contributed by atoms with E-state index in [4.69, 9.17) is 21.5 Å². The average Bonchev–Trinajstić information content (AvgIpc) is 2.08. The van der Waals surface area contributed by atoms with Gasteiger partial charge in [0.25, 0.3) is 0 Å². The maximum Gasteiger partial charge on any atom is 0.216 e. The van der Waals surface area contributed by atoms with Crippen LogP contribution in [0.2, 0.25) is 0 Å². The van der Waals surface area contributed by atoms with E-state index in [0.29, 0.717) is 11.4 Å². The minimum absolute atomic E-state index is 0.174. The predicted molar refractivity (Wildman–Crippen MR) is 60.9 cm³/mol. The summed E-state index contributed by atoms with van der Waals surface area (Å²) in [5.74, 6) is 0.174. The summed E-state index contributed by atoms with van der Waals surface area (Å²) in [5.41, 5.74) is 16.8. The maximum absolute atomic E-state index is 11.0. The zero-order valence-corrected chi connectivity index (χ0v) is 9.72. The van der Waals surface area contributed by atoms with Crippen molar-refractivity contribution < 1.29 is 14.4 Å². The largest absolute Gasteiger partial charge is 0.447 e. The Bertz CT molecular complexity index is 420. The first kappa shape index (κ1) is 12.9. The van der Waals surface area contributed by atoms with Gasteiger partial charge >= 0.3 is 0 Å². The number of ether oxygens (including phenoxy) is 1. The summed E-state index contributed by atoms with van der Waals surface area (Å²) in [5, 5.41) is 9.37. The van der Waals surface area contributed by atoms with Crippen molar-refractivity contribution >= 4 is 13.1 Å². The second-order valence-electron chi connectivity index (χ2n) is 3.43. The molecule has 0 bridgehead atoms. The van der Waals surface area contributed by atoms with Crippen LogP contribution in [0, 0.1) is 6.92 Å². The molecule has 0 aliphatic heterocycles. The molecule has 90 valence electrons. The van der Waals surface area contributed by atoms with Crippen LogP contribution in [0.1, 0.15) is 5.69 Å². The van der Waals surface area contributed by atoms with Gasteiger partial charge in [-0.3, -0.25) is 15.6 Å². The lowest BCUT2D eigenvalue weighted by atomic mass is 10.3. The first-order valence-electron chi connectivity index (χ1n) is 4.52. The normalized spacial score (nSPS) is 13.5. The number of anilines is 1. The molecule has 1 rings (SSSR count). The van der Waals surface area contributed by atoms with Gasteiger partial charge in [0.15, 0.2) is 0 Å². The highest BCUT2D eigenvalue weighted by Gasteiger charge is 2.18. The molecule has 0 saturated heterocycles. The first-order valence-corrected chi connectivity index (χ1v) is 6.55. The van der Waals surface area contributed by atoms with E-state index >= 15 is 0 Å². The summed E-state index contributed by atoms with van der Waals surface area (Å²) >= 11 is 0.